The molecule has 1 aliphatic rings. The zero-order chi connectivity index (χ0) is 20.2. The summed E-state index contributed by atoms with van der Waals surface area (Å²) in [5.41, 5.74) is 9.37. The number of rotatable bonds is 7. The van der Waals surface area contributed by atoms with Crippen LogP contribution in [0.5, 0.6) is 0 Å². The summed E-state index contributed by atoms with van der Waals surface area (Å²) in [4.78, 5) is 0. The van der Waals surface area contributed by atoms with Crippen LogP contribution in [0, 0.1) is 18.3 Å². The molecule has 0 saturated carbocycles. The van der Waals surface area contributed by atoms with Gasteiger partial charge in [-0.15, -0.1) is 0 Å². The molecular weight excluding hydrogens is 324 g/mol. The maximum atomic E-state index is 4.24. The number of hydrogen-bond donors (Lipinski definition) is 0. The van der Waals surface area contributed by atoms with E-state index >= 15 is 0 Å². The van der Waals surface area contributed by atoms with Crippen molar-refractivity contribution in [3.63, 3.8) is 0 Å². The molecule has 2 atom stereocenters. The average molecular weight is 367 g/mol. The van der Waals surface area contributed by atoms with Crippen LogP contribution in [0.1, 0.15) is 102 Å². The van der Waals surface area contributed by atoms with Crippen LogP contribution >= 0.6 is 0 Å². The van der Waals surface area contributed by atoms with Crippen molar-refractivity contribution in [2.75, 3.05) is 0 Å². The molecule has 0 heteroatoms. The molecule has 1 aliphatic carbocycles. The molecule has 2 rings (SSSR count). The molecule has 0 spiro atoms. The molecule has 2 unspecified atom stereocenters. The van der Waals surface area contributed by atoms with Gasteiger partial charge in [0.15, 0.2) is 0 Å². The molecule has 1 aromatic carbocycles. The summed E-state index contributed by atoms with van der Waals surface area (Å²) in [6.45, 7) is 20.6. The molecule has 0 N–H and O–H groups in total. The lowest BCUT2D eigenvalue weighted by atomic mass is 9.63. The molecule has 0 bridgehead atoms. The van der Waals surface area contributed by atoms with Crippen molar-refractivity contribution in [3.8, 4) is 0 Å². The third kappa shape index (κ3) is 5.84. The lowest BCUT2D eigenvalue weighted by molar-refractivity contribution is 0.192. The summed E-state index contributed by atoms with van der Waals surface area (Å²) in [6.07, 6.45) is 11.1. The first kappa shape index (κ1) is 22.0. The van der Waals surface area contributed by atoms with Crippen molar-refractivity contribution in [2.24, 2.45) is 11.3 Å². The predicted molar refractivity (Wildman–Crippen MR) is 122 cm³/mol. The van der Waals surface area contributed by atoms with E-state index in [4.69, 9.17) is 0 Å². The molecule has 27 heavy (non-hydrogen) atoms. The molecule has 0 amide bonds. The average Bonchev–Trinajstić information content (AvgIpc) is 2.53. The van der Waals surface area contributed by atoms with Crippen LogP contribution in [-0.4, -0.2) is 0 Å². The number of aryl methyl sites for hydroxylation is 2. The molecule has 0 radical (unpaired) electrons. The van der Waals surface area contributed by atoms with Crippen LogP contribution in [0.4, 0.5) is 0 Å². The topological polar surface area (TPSA) is 0 Å². The smallest absolute Gasteiger partial charge is 0.00695 e. The normalized spacial score (nSPS) is 20.5. The van der Waals surface area contributed by atoms with E-state index in [1.165, 1.54) is 55.2 Å². The van der Waals surface area contributed by atoms with Crippen LogP contribution in [-0.2, 0) is 12.8 Å². The van der Waals surface area contributed by atoms with Gasteiger partial charge in [-0.1, -0.05) is 76.5 Å². The second kappa shape index (κ2) is 9.26. The van der Waals surface area contributed by atoms with Crippen molar-refractivity contribution < 1.29 is 0 Å². The summed E-state index contributed by atoms with van der Waals surface area (Å²) in [7, 11) is 0. The lowest BCUT2D eigenvalue weighted by Gasteiger charge is -2.41. The summed E-state index contributed by atoms with van der Waals surface area (Å²) < 4.78 is 0. The summed E-state index contributed by atoms with van der Waals surface area (Å²) in [5, 5.41) is 0. The monoisotopic (exact) mass is 366 g/mol. The number of allylic oxidation sites excluding steroid dienone is 3. The molecule has 1 aromatic rings. The lowest BCUT2D eigenvalue weighted by Crippen LogP contribution is -2.30. The second-order valence-electron chi connectivity index (χ2n) is 10.1. The van der Waals surface area contributed by atoms with Gasteiger partial charge in [0.05, 0.1) is 0 Å². The van der Waals surface area contributed by atoms with Gasteiger partial charge < -0.3 is 0 Å². The van der Waals surface area contributed by atoms with Gasteiger partial charge in [0, 0.05) is 0 Å². The quantitative estimate of drug-likeness (QED) is 0.336. The van der Waals surface area contributed by atoms with Crippen LogP contribution < -0.4 is 0 Å². The molecule has 0 fully saturated rings. The standard InChI is InChI=1S/C27H42/c1-9-10-11-12-22-17-21(5)26(23(18-22)15-19(2)3)24-16-20(4)13-14-25(24)27(6,7)8/h13,17-18,24-25H,2,9-12,14-16H2,1,3-8H3. The van der Waals surface area contributed by atoms with Crippen LogP contribution in [0.15, 0.2) is 35.9 Å². The van der Waals surface area contributed by atoms with Crippen LogP contribution in [0.2, 0.25) is 0 Å². The van der Waals surface area contributed by atoms with Gasteiger partial charge in [-0.25, -0.2) is 0 Å². The first-order valence-electron chi connectivity index (χ1n) is 11.1. The molecule has 150 valence electrons. The zero-order valence-electron chi connectivity index (χ0n) is 19.0. The van der Waals surface area contributed by atoms with Crippen LogP contribution in [0.3, 0.4) is 0 Å². The maximum Gasteiger partial charge on any atom is -0.00695 e. The second-order valence-corrected chi connectivity index (χ2v) is 10.1. The molecule has 0 nitrogen and oxygen atoms in total. The Kier molecular flexibility index (Phi) is 7.55. The van der Waals surface area contributed by atoms with E-state index in [0.29, 0.717) is 17.3 Å². The van der Waals surface area contributed by atoms with E-state index in [-0.39, 0.29) is 0 Å². The Morgan fingerprint density at radius 3 is 2.44 bits per heavy atom. The summed E-state index contributed by atoms with van der Waals surface area (Å²) in [5.74, 6) is 1.34. The summed E-state index contributed by atoms with van der Waals surface area (Å²) >= 11 is 0. The Bertz CT molecular complexity index is 681. The summed E-state index contributed by atoms with van der Waals surface area (Å²) in [6, 6.07) is 5.00. The highest BCUT2D eigenvalue weighted by Crippen LogP contribution is 2.48. The highest BCUT2D eigenvalue weighted by Gasteiger charge is 2.36. The molecular formula is C27H42. The minimum atomic E-state index is 0.328. The van der Waals surface area contributed by atoms with Gasteiger partial charge >= 0.3 is 0 Å². The fraction of sp³-hybridized carbons (Fsp3) is 0.630. The fourth-order valence-corrected chi connectivity index (χ4v) is 5.00. The van der Waals surface area contributed by atoms with E-state index < -0.39 is 0 Å². The Labute approximate surface area is 169 Å². The van der Waals surface area contributed by atoms with Gasteiger partial charge in [0.2, 0.25) is 0 Å². The largest absolute Gasteiger partial charge is 0.0998 e. The minimum absolute atomic E-state index is 0.328. The SMILES string of the molecule is C=C(C)Cc1cc(CCCCC)cc(C)c1C1CC(C)=CCC1C(C)(C)C. The fourth-order valence-electron chi connectivity index (χ4n) is 5.00. The first-order chi connectivity index (χ1) is 12.6. The Morgan fingerprint density at radius 2 is 1.85 bits per heavy atom. The van der Waals surface area contributed by atoms with E-state index in [9.17, 15) is 0 Å². The Hall–Kier alpha value is -1.30. The van der Waals surface area contributed by atoms with Gasteiger partial charge in [0.25, 0.3) is 0 Å². The first-order valence-corrected chi connectivity index (χ1v) is 11.1. The third-order valence-corrected chi connectivity index (χ3v) is 6.32. The van der Waals surface area contributed by atoms with Crippen LogP contribution in [0.25, 0.3) is 0 Å². The predicted octanol–water partition coefficient (Wildman–Crippen LogP) is 8.33. The Morgan fingerprint density at radius 1 is 1.15 bits per heavy atom. The maximum absolute atomic E-state index is 4.24. The highest BCUT2D eigenvalue weighted by molar-refractivity contribution is 5.44. The van der Waals surface area contributed by atoms with Gasteiger partial charge in [0.1, 0.15) is 0 Å². The van der Waals surface area contributed by atoms with Crippen molar-refractivity contribution in [1.82, 2.24) is 0 Å². The highest BCUT2D eigenvalue weighted by atomic mass is 14.4. The van der Waals surface area contributed by atoms with Gasteiger partial charge in [-0.2, -0.15) is 0 Å². The Balaban J connectivity index is 2.49. The van der Waals surface area contributed by atoms with E-state index in [2.05, 4.69) is 73.3 Å². The zero-order valence-corrected chi connectivity index (χ0v) is 19.0. The molecule has 0 aliphatic heterocycles. The molecule has 0 heterocycles. The third-order valence-electron chi connectivity index (χ3n) is 6.32. The van der Waals surface area contributed by atoms with Crippen molar-refractivity contribution >= 4 is 0 Å². The van der Waals surface area contributed by atoms with E-state index in [1.54, 1.807) is 16.7 Å². The minimum Gasteiger partial charge on any atom is -0.0998 e. The van der Waals surface area contributed by atoms with Gasteiger partial charge in [-0.05, 0) is 92.4 Å². The van der Waals surface area contributed by atoms with E-state index in [1.807, 2.05) is 0 Å². The number of hydrogen-bond acceptors (Lipinski definition) is 0. The van der Waals surface area contributed by atoms with Crippen molar-refractivity contribution in [3.05, 3.63) is 58.2 Å². The van der Waals surface area contributed by atoms with Crippen molar-refractivity contribution in [2.45, 2.75) is 99.3 Å². The molecule has 0 aromatic heterocycles. The number of unbranched alkanes of at least 4 members (excludes halogenated alkanes) is 2. The molecule has 0 saturated heterocycles. The van der Waals surface area contributed by atoms with Gasteiger partial charge in [-0.3, -0.25) is 0 Å². The van der Waals surface area contributed by atoms with E-state index in [0.717, 1.165) is 6.42 Å². The van der Waals surface area contributed by atoms with Crippen molar-refractivity contribution in [1.29, 1.82) is 0 Å². The number of benzene rings is 1.